The molecule has 7 heteroatoms. The van der Waals surface area contributed by atoms with Crippen LogP contribution in [0.15, 0.2) is 18.2 Å². The zero-order valence-electron chi connectivity index (χ0n) is 9.26. The van der Waals surface area contributed by atoms with Crippen molar-refractivity contribution < 1.29 is 8.78 Å². The highest BCUT2D eigenvalue weighted by atomic mass is 32.1. The molecule has 0 aliphatic heterocycles. The van der Waals surface area contributed by atoms with Crippen LogP contribution in [0.1, 0.15) is 17.7 Å². The summed E-state index contributed by atoms with van der Waals surface area (Å²) >= 11 is 4.90. The molecule has 2 rings (SSSR count). The topological polar surface area (TPSA) is 35.6 Å². The Morgan fingerprint density at radius 2 is 1.94 bits per heavy atom. The molecule has 0 N–H and O–H groups in total. The van der Waals surface area contributed by atoms with E-state index in [1.807, 2.05) is 26.0 Å². The number of aromatic nitrogens is 4. The fraction of sp³-hybridized carbons (Fsp3) is 0.300. The summed E-state index contributed by atoms with van der Waals surface area (Å²) in [5.41, 5.74) is 2.65. The van der Waals surface area contributed by atoms with Crippen molar-refractivity contribution in [3.05, 3.63) is 34.1 Å². The second-order valence-electron chi connectivity index (χ2n) is 3.69. The summed E-state index contributed by atoms with van der Waals surface area (Å²) in [6, 6.07) is 5.58. The molecule has 1 heterocycles. The van der Waals surface area contributed by atoms with Crippen molar-refractivity contribution in [1.29, 1.82) is 0 Å². The molecule has 0 atom stereocenters. The van der Waals surface area contributed by atoms with Crippen molar-refractivity contribution in [2.75, 3.05) is 0 Å². The molecule has 0 saturated carbocycles. The van der Waals surface area contributed by atoms with E-state index in [0.29, 0.717) is 10.4 Å². The number of halogens is 2. The average molecular weight is 256 g/mol. The van der Waals surface area contributed by atoms with E-state index in [2.05, 4.69) is 10.4 Å². The summed E-state index contributed by atoms with van der Waals surface area (Å²) in [5, 5.41) is 6.97. The van der Waals surface area contributed by atoms with Gasteiger partial charge in [0, 0.05) is 0 Å². The highest BCUT2D eigenvalue weighted by Crippen LogP contribution is 2.16. The predicted molar refractivity (Wildman–Crippen MR) is 60.9 cm³/mol. The van der Waals surface area contributed by atoms with E-state index in [9.17, 15) is 8.78 Å². The molecule has 0 aliphatic carbocycles. The molecular formula is C10H10F2N4S. The van der Waals surface area contributed by atoms with E-state index >= 15 is 0 Å². The Bertz CT molecular complexity index is 603. The smallest absolute Gasteiger partial charge is 0.185 e. The Kier molecular flexibility index (Phi) is 3.01. The van der Waals surface area contributed by atoms with Crippen molar-refractivity contribution in [3.8, 4) is 5.69 Å². The van der Waals surface area contributed by atoms with Crippen molar-refractivity contribution in [2.24, 2.45) is 0 Å². The van der Waals surface area contributed by atoms with Gasteiger partial charge in [0.25, 0.3) is 0 Å². The van der Waals surface area contributed by atoms with Crippen LogP contribution in [0.3, 0.4) is 0 Å². The molecule has 0 unspecified atom stereocenters. The molecular weight excluding hydrogens is 246 g/mol. The van der Waals surface area contributed by atoms with Crippen LogP contribution in [0.4, 0.5) is 8.78 Å². The van der Waals surface area contributed by atoms with Gasteiger partial charge in [-0.15, -0.1) is 0 Å². The van der Waals surface area contributed by atoms with Gasteiger partial charge in [-0.25, -0.2) is 0 Å². The highest BCUT2D eigenvalue weighted by Gasteiger charge is 2.14. The van der Waals surface area contributed by atoms with Crippen molar-refractivity contribution in [1.82, 2.24) is 19.8 Å². The lowest BCUT2D eigenvalue weighted by molar-refractivity contribution is 0.0529. The fourth-order valence-electron chi connectivity index (χ4n) is 1.57. The van der Waals surface area contributed by atoms with E-state index in [-0.39, 0.29) is 4.77 Å². The molecule has 1 aromatic heterocycles. The van der Waals surface area contributed by atoms with Gasteiger partial charge in [0.15, 0.2) is 0 Å². The highest BCUT2D eigenvalue weighted by molar-refractivity contribution is 7.71. The predicted octanol–water partition coefficient (Wildman–Crippen LogP) is 2.81. The first-order chi connectivity index (χ1) is 8.00. The van der Waals surface area contributed by atoms with E-state index < -0.39 is 6.55 Å². The quantitative estimate of drug-likeness (QED) is 0.775. The first-order valence-electron chi connectivity index (χ1n) is 4.91. The van der Waals surface area contributed by atoms with Gasteiger partial charge >= 0.3 is 6.55 Å². The number of rotatable bonds is 2. The van der Waals surface area contributed by atoms with Gasteiger partial charge < -0.3 is 0 Å². The van der Waals surface area contributed by atoms with Crippen molar-refractivity contribution >= 4 is 12.2 Å². The van der Waals surface area contributed by atoms with Gasteiger partial charge in [0.05, 0.1) is 5.69 Å². The maximum atomic E-state index is 12.5. The van der Waals surface area contributed by atoms with Crippen LogP contribution in [0, 0.1) is 18.6 Å². The van der Waals surface area contributed by atoms with Gasteiger partial charge in [-0.2, -0.15) is 18.1 Å². The summed E-state index contributed by atoms with van der Waals surface area (Å²) in [7, 11) is 0. The van der Waals surface area contributed by atoms with Crippen LogP contribution in [-0.4, -0.2) is 19.8 Å². The van der Waals surface area contributed by atoms with Crippen LogP contribution in [0.25, 0.3) is 5.69 Å². The van der Waals surface area contributed by atoms with Crippen LogP contribution in [0.5, 0.6) is 0 Å². The van der Waals surface area contributed by atoms with Crippen LogP contribution >= 0.6 is 12.2 Å². The van der Waals surface area contributed by atoms with Gasteiger partial charge in [-0.3, -0.25) is 0 Å². The lowest BCUT2D eigenvalue weighted by atomic mass is 10.1. The Hall–Kier alpha value is -1.63. The standard InChI is InChI=1S/C10H10F2N4S/c1-6-3-4-8(7(2)5-6)15-10(17)16(9(11)12)14-13-15/h3-5,9H,1-2H3. The lowest BCUT2D eigenvalue weighted by Gasteiger charge is -2.05. The molecule has 0 amide bonds. The monoisotopic (exact) mass is 256 g/mol. The number of alkyl halides is 2. The Morgan fingerprint density at radius 3 is 2.47 bits per heavy atom. The number of benzene rings is 1. The maximum Gasteiger partial charge on any atom is 0.337 e. The molecule has 1 aromatic carbocycles. The van der Waals surface area contributed by atoms with Gasteiger partial charge in [0.1, 0.15) is 0 Å². The third-order valence-electron chi connectivity index (χ3n) is 2.37. The van der Waals surface area contributed by atoms with E-state index in [1.54, 1.807) is 6.07 Å². The minimum atomic E-state index is -2.78. The minimum absolute atomic E-state index is 0.119. The number of tetrazole rings is 1. The van der Waals surface area contributed by atoms with Gasteiger partial charge in [-0.05, 0) is 48.1 Å². The molecule has 0 saturated heterocycles. The third kappa shape index (κ3) is 2.10. The molecule has 0 radical (unpaired) electrons. The van der Waals surface area contributed by atoms with Crippen LogP contribution in [-0.2, 0) is 0 Å². The summed E-state index contributed by atoms with van der Waals surface area (Å²) in [6.07, 6.45) is 0. The SMILES string of the molecule is Cc1ccc(-n2nnn(C(F)F)c2=S)c(C)c1. The largest absolute Gasteiger partial charge is 0.337 e. The van der Waals surface area contributed by atoms with Gasteiger partial charge in [-0.1, -0.05) is 17.7 Å². The molecule has 17 heavy (non-hydrogen) atoms. The Labute approximate surface area is 101 Å². The first kappa shape index (κ1) is 11.8. The van der Waals surface area contributed by atoms with Crippen LogP contribution in [0.2, 0.25) is 0 Å². The normalized spacial score (nSPS) is 11.1. The van der Waals surface area contributed by atoms with E-state index in [1.165, 1.54) is 4.68 Å². The Balaban J connectivity index is 2.58. The summed E-state index contributed by atoms with van der Waals surface area (Å²) in [5.74, 6) is 0. The summed E-state index contributed by atoms with van der Waals surface area (Å²) in [6.45, 7) is 1.04. The maximum absolute atomic E-state index is 12.5. The van der Waals surface area contributed by atoms with Crippen molar-refractivity contribution in [2.45, 2.75) is 20.4 Å². The first-order valence-corrected chi connectivity index (χ1v) is 5.32. The molecule has 2 aromatic rings. The molecule has 90 valence electrons. The number of hydrogen-bond acceptors (Lipinski definition) is 3. The third-order valence-corrected chi connectivity index (χ3v) is 2.73. The minimum Gasteiger partial charge on any atom is -0.185 e. The number of hydrogen-bond donors (Lipinski definition) is 0. The molecule has 0 bridgehead atoms. The summed E-state index contributed by atoms with van der Waals surface area (Å²) < 4.78 is 26.5. The average Bonchev–Trinajstić information content (AvgIpc) is 2.60. The lowest BCUT2D eigenvalue weighted by Crippen LogP contribution is -2.03. The molecule has 0 aliphatic rings. The summed E-state index contributed by atoms with van der Waals surface area (Å²) in [4.78, 5) is 0. The molecule has 0 fully saturated rings. The Morgan fingerprint density at radius 1 is 1.24 bits per heavy atom. The van der Waals surface area contributed by atoms with Crippen molar-refractivity contribution in [3.63, 3.8) is 0 Å². The fourth-order valence-corrected chi connectivity index (χ4v) is 1.82. The zero-order chi connectivity index (χ0) is 12.6. The number of aryl methyl sites for hydroxylation is 2. The molecule has 4 nitrogen and oxygen atoms in total. The van der Waals surface area contributed by atoms with Gasteiger partial charge in [0.2, 0.25) is 4.77 Å². The molecule has 0 spiro atoms. The van der Waals surface area contributed by atoms with E-state index in [4.69, 9.17) is 12.2 Å². The second kappa shape index (κ2) is 4.33. The number of nitrogens with zero attached hydrogens (tertiary/aromatic N) is 4. The van der Waals surface area contributed by atoms with E-state index in [0.717, 1.165) is 11.1 Å². The van der Waals surface area contributed by atoms with Crippen LogP contribution < -0.4 is 0 Å². The second-order valence-corrected chi connectivity index (χ2v) is 4.05. The zero-order valence-corrected chi connectivity index (χ0v) is 10.1.